The van der Waals surface area contributed by atoms with E-state index in [0.29, 0.717) is 11.2 Å². The first-order valence-corrected chi connectivity index (χ1v) is 7.00. The lowest BCUT2D eigenvalue weighted by Gasteiger charge is -2.21. The van der Waals surface area contributed by atoms with Crippen molar-refractivity contribution in [3.05, 3.63) is 0 Å². The van der Waals surface area contributed by atoms with E-state index < -0.39 is 5.97 Å². The van der Waals surface area contributed by atoms with E-state index in [2.05, 4.69) is 13.8 Å². The summed E-state index contributed by atoms with van der Waals surface area (Å²) >= 11 is 1.87. The minimum Gasteiger partial charge on any atom is -0.481 e. The summed E-state index contributed by atoms with van der Waals surface area (Å²) in [6.07, 6.45) is 5.48. The molecule has 0 spiro atoms. The topological polar surface area (TPSA) is 37.3 Å². The average Bonchev–Trinajstić information content (AvgIpc) is 2.39. The van der Waals surface area contributed by atoms with E-state index in [1.165, 1.54) is 12.8 Å². The normalized spacial score (nSPS) is 27.7. The molecule has 1 rings (SSSR count). The molecule has 0 saturated heterocycles. The van der Waals surface area contributed by atoms with Crippen molar-refractivity contribution in [2.45, 2.75) is 51.2 Å². The highest BCUT2D eigenvalue weighted by Crippen LogP contribution is 2.33. The fourth-order valence-electron chi connectivity index (χ4n) is 2.07. The summed E-state index contributed by atoms with van der Waals surface area (Å²) in [5.74, 6) is 1.07. The van der Waals surface area contributed by atoms with Gasteiger partial charge in [-0.1, -0.05) is 33.1 Å². The zero-order valence-corrected chi connectivity index (χ0v) is 10.6. The third-order valence-electron chi connectivity index (χ3n) is 2.91. The Morgan fingerprint density at radius 2 is 2.00 bits per heavy atom. The molecule has 0 aromatic heterocycles. The molecule has 0 radical (unpaired) electrons. The largest absolute Gasteiger partial charge is 0.481 e. The second kappa shape index (κ2) is 6.41. The van der Waals surface area contributed by atoms with Crippen LogP contribution in [0.5, 0.6) is 0 Å². The fraction of sp³-hybridized carbons (Fsp3) is 0.917. The standard InChI is InChI=1S/C12H22O2S/c1-9(2)8-15-11-7-5-3-4-6-10(11)12(13)14/h9-11H,3-8H2,1-2H3,(H,13,14). The van der Waals surface area contributed by atoms with E-state index in [9.17, 15) is 9.90 Å². The highest BCUT2D eigenvalue weighted by atomic mass is 32.2. The predicted molar refractivity (Wildman–Crippen MR) is 65.3 cm³/mol. The van der Waals surface area contributed by atoms with E-state index >= 15 is 0 Å². The number of aliphatic carboxylic acids is 1. The highest BCUT2D eigenvalue weighted by molar-refractivity contribution is 7.99. The summed E-state index contributed by atoms with van der Waals surface area (Å²) in [5, 5.41) is 9.54. The molecule has 88 valence electrons. The Kier molecular flexibility index (Phi) is 5.51. The van der Waals surface area contributed by atoms with Crippen LogP contribution in [0.25, 0.3) is 0 Å². The van der Waals surface area contributed by atoms with E-state index in [1.54, 1.807) is 0 Å². The van der Waals surface area contributed by atoms with Crippen LogP contribution < -0.4 is 0 Å². The van der Waals surface area contributed by atoms with Crippen LogP contribution in [0.3, 0.4) is 0 Å². The Hall–Kier alpha value is -0.180. The van der Waals surface area contributed by atoms with Gasteiger partial charge < -0.3 is 5.11 Å². The van der Waals surface area contributed by atoms with Crippen molar-refractivity contribution in [1.82, 2.24) is 0 Å². The Bertz CT molecular complexity index is 204. The molecule has 2 atom stereocenters. The first kappa shape index (κ1) is 12.9. The van der Waals surface area contributed by atoms with Gasteiger partial charge in [0.15, 0.2) is 0 Å². The van der Waals surface area contributed by atoms with Gasteiger partial charge in [0.05, 0.1) is 5.92 Å². The maximum Gasteiger partial charge on any atom is 0.307 e. The van der Waals surface area contributed by atoms with Crippen molar-refractivity contribution in [3.63, 3.8) is 0 Å². The quantitative estimate of drug-likeness (QED) is 0.752. The molecule has 1 N–H and O–H groups in total. The summed E-state index contributed by atoms with van der Waals surface area (Å²) in [6, 6.07) is 0. The molecule has 1 aliphatic carbocycles. The van der Waals surface area contributed by atoms with E-state index in [0.717, 1.165) is 25.0 Å². The molecular formula is C12H22O2S. The van der Waals surface area contributed by atoms with E-state index in [-0.39, 0.29) is 5.92 Å². The van der Waals surface area contributed by atoms with E-state index in [1.807, 2.05) is 11.8 Å². The van der Waals surface area contributed by atoms with Crippen molar-refractivity contribution in [2.75, 3.05) is 5.75 Å². The number of thioether (sulfide) groups is 1. The predicted octanol–water partition coefficient (Wildman–Crippen LogP) is 3.41. The summed E-state index contributed by atoms with van der Waals surface area (Å²) in [5.41, 5.74) is 0. The lowest BCUT2D eigenvalue weighted by Crippen LogP contribution is -2.25. The Morgan fingerprint density at radius 1 is 1.33 bits per heavy atom. The molecule has 1 fully saturated rings. The maximum absolute atomic E-state index is 11.1. The van der Waals surface area contributed by atoms with Crippen LogP contribution in [-0.2, 0) is 4.79 Å². The summed E-state index contributed by atoms with van der Waals surface area (Å²) in [6.45, 7) is 4.39. The zero-order valence-electron chi connectivity index (χ0n) is 9.74. The maximum atomic E-state index is 11.1. The number of rotatable bonds is 4. The second-order valence-corrected chi connectivity index (χ2v) is 6.12. The fourth-order valence-corrected chi connectivity index (χ4v) is 3.52. The first-order valence-electron chi connectivity index (χ1n) is 5.95. The third-order valence-corrected chi connectivity index (χ3v) is 4.76. The Labute approximate surface area is 96.8 Å². The van der Waals surface area contributed by atoms with Crippen LogP contribution in [0, 0.1) is 11.8 Å². The molecule has 1 aliphatic rings. The SMILES string of the molecule is CC(C)CSC1CCCCCC1C(=O)O. The molecule has 0 aromatic rings. The smallest absolute Gasteiger partial charge is 0.307 e. The van der Waals surface area contributed by atoms with Gasteiger partial charge in [-0.15, -0.1) is 0 Å². The minimum absolute atomic E-state index is 0.101. The first-order chi connectivity index (χ1) is 7.11. The second-order valence-electron chi connectivity index (χ2n) is 4.85. The van der Waals surface area contributed by atoms with Crippen LogP contribution in [0.15, 0.2) is 0 Å². The van der Waals surface area contributed by atoms with Gasteiger partial charge in [0.2, 0.25) is 0 Å². The van der Waals surface area contributed by atoms with Crippen LogP contribution >= 0.6 is 11.8 Å². The monoisotopic (exact) mass is 230 g/mol. The van der Waals surface area contributed by atoms with Gasteiger partial charge in [-0.05, 0) is 24.5 Å². The van der Waals surface area contributed by atoms with E-state index in [4.69, 9.17) is 0 Å². The van der Waals surface area contributed by atoms with Crippen LogP contribution in [0.4, 0.5) is 0 Å². The molecule has 15 heavy (non-hydrogen) atoms. The molecule has 0 aliphatic heterocycles. The highest BCUT2D eigenvalue weighted by Gasteiger charge is 2.29. The summed E-state index contributed by atoms with van der Waals surface area (Å²) in [7, 11) is 0. The number of hydrogen-bond donors (Lipinski definition) is 1. The van der Waals surface area contributed by atoms with Crippen LogP contribution in [0.2, 0.25) is 0 Å². The molecule has 1 saturated carbocycles. The Balaban J connectivity index is 2.50. The van der Waals surface area contributed by atoms with Crippen molar-refractivity contribution < 1.29 is 9.90 Å². The number of carboxylic acids is 1. The number of carboxylic acid groups (broad SMARTS) is 1. The molecule has 2 nitrogen and oxygen atoms in total. The summed E-state index contributed by atoms with van der Waals surface area (Å²) in [4.78, 5) is 11.1. The lowest BCUT2D eigenvalue weighted by atomic mass is 10.0. The van der Waals surface area contributed by atoms with Gasteiger partial charge in [0, 0.05) is 5.25 Å². The van der Waals surface area contributed by atoms with Gasteiger partial charge >= 0.3 is 5.97 Å². The van der Waals surface area contributed by atoms with Gasteiger partial charge in [-0.3, -0.25) is 4.79 Å². The molecular weight excluding hydrogens is 208 g/mol. The zero-order chi connectivity index (χ0) is 11.3. The average molecular weight is 230 g/mol. The van der Waals surface area contributed by atoms with Crippen molar-refractivity contribution in [3.8, 4) is 0 Å². The summed E-state index contributed by atoms with van der Waals surface area (Å²) < 4.78 is 0. The molecule has 0 amide bonds. The van der Waals surface area contributed by atoms with Gasteiger partial charge in [0.25, 0.3) is 0 Å². The molecule has 3 heteroatoms. The van der Waals surface area contributed by atoms with Crippen molar-refractivity contribution in [2.24, 2.45) is 11.8 Å². The van der Waals surface area contributed by atoms with Crippen molar-refractivity contribution >= 4 is 17.7 Å². The van der Waals surface area contributed by atoms with Crippen molar-refractivity contribution in [1.29, 1.82) is 0 Å². The molecule has 2 unspecified atom stereocenters. The molecule has 0 aromatic carbocycles. The minimum atomic E-state index is -0.585. The van der Waals surface area contributed by atoms with Gasteiger partial charge in [-0.2, -0.15) is 11.8 Å². The van der Waals surface area contributed by atoms with Gasteiger partial charge in [0.1, 0.15) is 0 Å². The van der Waals surface area contributed by atoms with Crippen LogP contribution in [0.1, 0.15) is 46.0 Å². The van der Waals surface area contributed by atoms with Crippen LogP contribution in [-0.4, -0.2) is 22.1 Å². The molecule has 0 bridgehead atoms. The molecule has 0 heterocycles. The number of carbonyl (C=O) groups is 1. The van der Waals surface area contributed by atoms with Gasteiger partial charge in [-0.25, -0.2) is 0 Å². The Morgan fingerprint density at radius 3 is 2.60 bits per heavy atom. The lowest BCUT2D eigenvalue weighted by molar-refractivity contribution is -0.141. The number of hydrogen-bond acceptors (Lipinski definition) is 2. The third kappa shape index (κ3) is 4.45.